The molecule has 2 saturated heterocycles. The van der Waals surface area contributed by atoms with Gasteiger partial charge in [-0.05, 0) is 49.2 Å². The number of piperazine rings is 1. The van der Waals surface area contributed by atoms with E-state index in [9.17, 15) is 0 Å². The largest absolute Gasteiger partial charge is 0.473 e. The van der Waals surface area contributed by atoms with E-state index >= 15 is 0 Å². The van der Waals surface area contributed by atoms with E-state index in [-0.39, 0.29) is 0 Å². The van der Waals surface area contributed by atoms with Crippen LogP contribution in [-0.2, 0) is 22.7 Å². The van der Waals surface area contributed by atoms with Gasteiger partial charge in [-0.25, -0.2) is 9.59 Å². The predicted octanol–water partition coefficient (Wildman–Crippen LogP) is 3.39. The van der Waals surface area contributed by atoms with Crippen molar-refractivity contribution >= 4 is 27.9 Å². The minimum atomic E-state index is -1.82. The lowest BCUT2D eigenvalue weighted by Gasteiger charge is -2.42. The van der Waals surface area contributed by atoms with Gasteiger partial charge in [-0.3, -0.25) is 14.7 Å². The zero-order chi connectivity index (χ0) is 23.6. The second-order valence-electron chi connectivity index (χ2n) is 8.54. The summed E-state index contributed by atoms with van der Waals surface area (Å²) >= 11 is 3.52. The Morgan fingerprint density at radius 3 is 1.73 bits per heavy atom. The number of likely N-dealkylation sites (tertiary alicyclic amines) is 1. The Hall–Kier alpha value is -2.26. The third kappa shape index (κ3) is 8.55. The molecular formula is C25H32BrN3O4. The predicted molar refractivity (Wildman–Crippen MR) is 131 cm³/mol. The summed E-state index contributed by atoms with van der Waals surface area (Å²) < 4.78 is 1.16. The topological polar surface area (TPSA) is 84.3 Å². The average Bonchev–Trinajstić information content (AvgIpc) is 2.83. The molecule has 2 N–H and O–H groups in total. The van der Waals surface area contributed by atoms with Gasteiger partial charge in [0.1, 0.15) is 0 Å². The molecule has 0 unspecified atom stereocenters. The third-order valence-corrected chi connectivity index (χ3v) is 6.76. The molecule has 2 aromatic carbocycles. The summed E-state index contributed by atoms with van der Waals surface area (Å²) in [7, 11) is 0. The molecule has 0 bridgehead atoms. The van der Waals surface area contributed by atoms with Crippen molar-refractivity contribution in [1.82, 2.24) is 14.7 Å². The van der Waals surface area contributed by atoms with Crippen LogP contribution in [0.15, 0.2) is 59.1 Å². The van der Waals surface area contributed by atoms with Gasteiger partial charge in [0.05, 0.1) is 0 Å². The van der Waals surface area contributed by atoms with Gasteiger partial charge in [-0.1, -0.05) is 58.4 Å². The van der Waals surface area contributed by atoms with Crippen molar-refractivity contribution in [3.05, 3.63) is 70.2 Å². The van der Waals surface area contributed by atoms with Gasteiger partial charge in [0.2, 0.25) is 0 Å². The van der Waals surface area contributed by atoms with E-state index in [2.05, 4.69) is 85.2 Å². The van der Waals surface area contributed by atoms with Crippen molar-refractivity contribution in [3.63, 3.8) is 0 Å². The van der Waals surface area contributed by atoms with Gasteiger partial charge in [-0.2, -0.15) is 0 Å². The SMILES string of the molecule is Brc1ccc(CN2CCN(C3CCN(Cc4ccccc4)CC3)CC2)cc1.O=C(O)C(=O)O. The second kappa shape index (κ2) is 12.8. The number of benzene rings is 2. The summed E-state index contributed by atoms with van der Waals surface area (Å²) in [6.45, 7) is 9.49. The molecule has 2 aliphatic heterocycles. The molecular weight excluding hydrogens is 486 g/mol. The molecule has 2 aliphatic rings. The van der Waals surface area contributed by atoms with Gasteiger partial charge >= 0.3 is 11.9 Å². The van der Waals surface area contributed by atoms with Crippen LogP contribution in [0.5, 0.6) is 0 Å². The molecule has 0 aliphatic carbocycles. The fraction of sp³-hybridized carbons (Fsp3) is 0.440. The van der Waals surface area contributed by atoms with Crippen molar-refractivity contribution in [2.75, 3.05) is 39.3 Å². The first-order valence-electron chi connectivity index (χ1n) is 11.3. The van der Waals surface area contributed by atoms with Crippen LogP contribution in [0.1, 0.15) is 24.0 Å². The van der Waals surface area contributed by atoms with Crippen molar-refractivity contribution in [3.8, 4) is 0 Å². The van der Waals surface area contributed by atoms with Crippen LogP contribution in [-0.4, -0.2) is 82.2 Å². The molecule has 0 radical (unpaired) electrons. The molecule has 0 atom stereocenters. The molecule has 0 saturated carbocycles. The molecule has 7 nitrogen and oxygen atoms in total. The van der Waals surface area contributed by atoms with Crippen LogP contribution >= 0.6 is 15.9 Å². The summed E-state index contributed by atoms with van der Waals surface area (Å²) in [5, 5.41) is 14.8. The van der Waals surface area contributed by atoms with Crippen LogP contribution < -0.4 is 0 Å². The molecule has 33 heavy (non-hydrogen) atoms. The highest BCUT2D eigenvalue weighted by Gasteiger charge is 2.27. The minimum Gasteiger partial charge on any atom is -0.473 e. The van der Waals surface area contributed by atoms with Crippen LogP contribution in [0.25, 0.3) is 0 Å². The summed E-state index contributed by atoms with van der Waals surface area (Å²) in [6, 6.07) is 20.4. The van der Waals surface area contributed by atoms with Crippen molar-refractivity contribution < 1.29 is 19.8 Å². The maximum absolute atomic E-state index is 9.10. The number of piperidine rings is 1. The van der Waals surface area contributed by atoms with E-state index in [1.165, 1.54) is 63.2 Å². The highest BCUT2D eigenvalue weighted by atomic mass is 79.9. The first kappa shape index (κ1) is 25.4. The van der Waals surface area contributed by atoms with Gasteiger partial charge in [-0.15, -0.1) is 0 Å². The van der Waals surface area contributed by atoms with Crippen LogP contribution in [0.2, 0.25) is 0 Å². The Balaban J connectivity index is 0.000000454. The van der Waals surface area contributed by atoms with Crippen LogP contribution in [0.4, 0.5) is 0 Å². The van der Waals surface area contributed by atoms with E-state index in [1.807, 2.05) is 0 Å². The van der Waals surface area contributed by atoms with E-state index in [0.29, 0.717) is 0 Å². The van der Waals surface area contributed by atoms with E-state index < -0.39 is 11.9 Å². The molecule has 0 spiro atoms. The number of carbonyl (C=O) groups is 2. The second-order valence-corrected chi connectivity index (χ2v) is 9.46. The number of carboxylic acids is 2. The summed E-state index contributed by atoms with van der Waals surface area (Å²) in [4.78, 5) is 26.2. The first-order valence-corrected chi connectivity index (χ1v) is 12.1. The summed E-state index contributed by atoms with van der Waals surface area (Å²) in [5.74, 6) is -3.65. The standard InChI is InChI=1S/C23H30BrN3.C2H2O4/c24-22-8-6-21(7-9-22)19-26-14-16-27(17-15-26)23-10-12-25(13-11-23)18-20-4-2-1-3-5-20;3-1(4)2(5)6/h1-9,23H,10-19H2;(H,3,4)(H,5,6). The van der Waals surface area contributed by atoms with E-state index in [1.54, 1.807) is 0 Å². The lowest BCUT2D eigenvalue weighted by atomic mass is 10.0. The fourth-order valence-corrected chi connectivity index (χ4v) is 4.68. The van der Waals surface area contributed by atoms with Crippen molar-refractivity contribution in [2.45, 2.75) is 32.0 Å². The number of hydrogen-bond donors (Lipinski definition) is 2. The smallest absolute Gasteiger partial charge is 0.414 e. The first-order chi connectivity index (χ1) is 15.9. The molecule has 4 rings (SSSR count). The number of aliphatic carboxylic acids is 2. The molecule has 178 valence electrons. The van der Waals surface area contributed by atoms with Gasteiger partial charge in [0.25, 0.3) is 0 Å². The van der Waals surface area contributed by atoms with Gasteiger partial charge < -0.3 is 10.2 Å². The molecule has 8 heteroatoms. The number of carboxylic acid groups (broad SMARTS) is 2. The van der Waals surface area contributed by atoms with Gasteiger partial charge in [0, 0.05) is 49.8 Å². The van der Waals surface area contributed by atoms with Crippen molar-refractivity contribution in [2.24, 2.45) is 0 Å². The zero-order valence-electron chi connectivity index (χ0n) is 18.8. The number of nitrogens with zero attached hydrogens (tertiary/aromatic N) is 3. The monoisotopic (exact) mass is 517 g/mol. The Morgan fingerprint density at radius 2 is 1.21 bits per heavy atom. The van der Waals surface area contributed by atoms with Gasteiger partial charge in [0.15, 0.2) is 0 Å². The normalized spacial score (nSPS) is 18.3. The highest BCUT2D eigenvalue weighted by Crippen LogP contribution is 2.21. The van der Waals surface area contributed by atoms with Crippen molar-refractivity contribution in [1.29, 1.82) is 0 Å². The molecule has 2 fully saturated rings. The minimum absolute atomic E-state index is 0.784. The maximum atomic E-state index is 9.10. The highest BCUT2D eigenvalue weighted by molar-refractivity contribution is 9.10. The average molecular weight is 518 g/mol. The molecule has 2 heterocycles. The quantitative estimate of drug-likeness (QED) is 0.588. The number of halogens is 1. The van der Waals surface area contributed by atoms with E-state index in [4.69, 9.17) is 19.8 Å². The number of hydrogen-bond acceptors (Lipinski definition) is 5. The van der Waals surface area contributed by atoms with Crippen LogP contribution in [0.3, 0.4) is 0 Å². The lowest BCUT2D eigenvalue weighted by Crippen LogP contribution is -2.52. The molecule has 0 aromatic heterocycles. The summed E-state index contributed by atoms with van der Waals surface area (Å²) in [6.07, 6.45) is 2.64. The summed E-state index contributed by atoms with van der Waals surface area (Å²) in [5.41, 5.74) is 2.86. The lowest BCUT2D eigenvalue weighted by molar-refractivity contribution is -0.159. The van der Waals surface area contributed by atoms with Crippen LogP contribution in [0, 0.1) is 0 Å². The Kier molecular flexibility index (Phi) is 9.87. The number of rotatable bonds is 5. The van der Waals surface area contributed by atoms with E-state index in [0.717, 1.165) is 23.6 Å². The molecule has 0 amide bonds. The Bertz CT molecular complexity index is 866. The zero-order valence-corrected chi connectivity index (χ0v) is 20.4. The Morgan fingerprint density at radius 1 is 0.727 bits per heavy atom. The molecule has 2 aromatic rings. The Labute approximate surface area is 203 Å². The fourth-order valence-electron chi connectivity index (χ4n) is 4.42. The maximum Gasteiger partial charge on any atom is 0.414 e. The third-order valence-electron chi connectivity index (χ3n) is 6.23.